The third-order valence-corrected chi connectivity index (χ3v) is 5.46. The minimum absolute atomic E-state index is 0.124. The summed E-state index contributed by atoms with van der Waals surface area (Å²) in [6, 6.07) is 15.0. The summed E-state index contributed by atoms with van der Waals surface area (Å²) in [6.07, 6.45) is 1.72. The molecule has 2 aromatic carbocycles. The monoisotopic (exact) mass is 433 g/mol. The summed E-state index contributed by atoms with van der Waals surface area (Å²) in [5, 5.41) is 2.77. The van der Waals surface area contributed by atoms with Crippen molar-refractivity contribution in [1.29, 1.82) is 0 Å². The largest absolute Gasteiger partial charge is 0.456 e. The standard InChI is InChI=1S/C23H19N3O4S/c1-14-6-8-16(9-7-14)21(28)24-18-5-3-4-17(10-18)22(29)30-13-19-11-20(27)26-12-15(2)31-23(26)25-19/h3-12H,13H2,1-2H3,(H,24,28). The summed E-state index contributed by atoms with van der Waals surface area (Å²) in [7, 11) is 0. The summed E-state index contributed by atoms with van der Waals surface area (Å²) in [5.74, 6) is -0.842. The molecule has 0 unspecified atom stereocenters. The van der Waals surface area contributed by atoms with Gasteiger partial charge in [-0.1, -0.05) is 23.8 Å². The van der Waals surface area contributed by atoms with Gasteiger partial charge in [0, 0.05) is 28.4 Å². The van der Waals surface area contributed by atoms with Gasteiger partial charge in [0.1, 0.15) is 6.61 Å². The van der Waals surface area contributed by atoms with Gasteiger partial charge in [-0.3, -0.25) is 14.0 Å². The number of hydrogen-bond acceptors (Lipinski definition) is 6. The third-order valence-electron chi connectivity index (χ3n) is 4.56. The van der Waals surface area contributed by atoms with Gasteiger partial charge in [-0.05, 0) is 44.2 Å². The zero-order valence-electron chi connectivity index (χ0n) is 16.9. The molecule has 8 heteroatoms. The first kappa shape index (κ1) is 20.5. The number of ether oxygens (including phenoxy) is 1. The van der Waals surface area contributed by atoms with E-state index in [9.17, 15) is 14.4 Å². The molecule has 0 saturated carbocycles. The molecule has 156 valence electrons. The number of benzene rings is 2. The molecule has 0 aliphatic carbocycles. The highest BCUT2D eigenvalue weighted by Crippen LogP contribution is 2.16. The molecule has 0 aliphatic heterocycles. The SMILES string of the molecule is Cc1ccc(C(=O)Nc2cccc(C(=O)OCc3cc(=O)n4cc(C)sc4n3)c2)cc1. The molecule has 0 aliphatic rings. The number of fused-ring (bicyclic) bond motifs is 1. The van der Waals surface area contributed by atoms with E-state index in [0.29, 0.717) is 21.9 Å². The molecule has 7 nitrogen and oxygen atoms in total. The first-order valence-corrected chi connectivity index (χ1v) is 10.3. The van der Waals surface area contributed by atoms with E-state index >= 15 is 0 Å². The minimum Gasteiger partial charge on any atom is -0.456 e. The van der Waals surface area contributed by atoms with E-state index in [-0.39, 0.29) is 23.6 Å². The fourth-order valence-corrected chi connectivity index (χ4v) is 3.84. The summed E-state index contributed by atoms with van der Waals surface area (Å²) in [5.41, 5.74) is 2.51. The van der Waals surface area contributed by atoms with Gasteiger partial charge in [0.05, 0.1) is 11.3 Å². The molecule has 2 heterocycles. The molecule has 31 heavy (non-hydrogen) atoms. The van der Waals surface area contributed by atoms with Crippen LogP contribution in [0.2, 0.25) is 0 Å². The van der Waals surface area contributed by atoms with Crippen molar-refractivity contribution in [2.75, 3.05) is 5.32 Å². The molecule has 4 rings (SSSR count). The molecule has 0 fully saturated rings. The Hall–Kier alpha value is -3.78. The van der Waals surface area contributed by atoms with Crippen molar-refractivity contribution in [2.24, 2.45) is 0 Å². The predicted octanol–water partition coefficient (Wildman–Crippen LogP) is 3.98. The normalized spacial score (nSPS) is 10.8. The maximum absolute atomic E-state index is 12.5. The van der Waals surface area contributed by atoms with Gasteiger partial charge in [0.25, 0.3) is 11.5 Å². The van der Waals surface area contributed by atoms with Crippen LogP contribution in [-0.2, 0) is 11.3 Å². The molecular formula is C23H19N3O4S. The van der Waals surface area contributed by atoms with Crippen LogP contribution in [-0.4, -0.2) is 21.3 Å². The predicted molar refractivity (Wildman–Crippen MR) is 119 cm³/mol. The number of esters is 1. The van der Waals surface area contributed by atoms with E-state index in [1.807, 2.05) is 26.0 Å². The number of aromatic nitrogens is 2. The number of aryl methyl sites for hydroxylation is 2. The molecule has 2 aromatic heterocycles. The molecule has 0 spiro atoms. The number of thiazole rings is 1. The van der Waals surface area contributed by atoms with Crippen LogP contribution in [0.3, 0.4) is 0 Å². The van der Waals surface area contributed by atoms with Crippen LogP contribution in [0.1, 0.15) is 36.9 Å². The number of amides is 1. The number of hydrogen-bond donors (Lipinski definition) is 1. The van der Waals surface area contributed by atoms with Crippen LogP contribution in [0.5, 0.6) is 0 Å². The lowest BCUT2D eigenvalue weighted by atomic mass is 10.1. The van der Waals surface area contributed by atoms with E-state index in [2.05, 4.69) is 10.3 Å². The molecule has 0 saturated heterocycles. The Morgan fingerprint density at radius 3 is 2.61 bits per heavy atom. The van der Waals surface area contributed by atoms with Crippen molar-refractivity contribution in [3.05, 3.63) is 98.4 Å². The number of nitrogens with one attached hydrogen (secondary N) is 1. The zero-order chi connectivity index (χ0) is 22.0. The van der Waals surface area contributed by atoms with Gasteiger partial charge in [-0.15, -0.1) is 11.3 Å². The van der Waals surface area contributed by atoms with Crippen molar-refractivity contribution in [1.82, 2.24) is 9.38 Å². The second-order valence-corrected chi connectivity index (χ2v) is 8.27. The Labute approximate surface area is 182 Å². The van der Waals surface area contributed by atoms with Crippen molar-refractivity contribution in [3.8, 4) is 0 Å². The average Bonchev–Trinajstić information content (AvgIpc) is 3.13. The maximum Gasteiger partial charge on any atom is 0.338 e. The summed E-state index contributed by atoms with van der Waals surface area (Å²) >= 11 is 1.39. The van der Waals surface area contributed by atoms with Crippen LogP contribution in [0, 0.1) is 13.8 Å². The van der Waals surface area contributed by atoms with Gasteiger partial charge in [0.15, 0.2) is 4.96 Å². The van der Waals surface area contributed by atoms with Crippen molar-refractivity contribution in [2.45, 2.75) is 20.5 Å². The van der Waals surface area contributed by atoms with E-state index in [0.717, 1.165) is 10.4 Å². The molecule has 1 amide bonds. The second-order valence-electron chi connectivity index (χ2n) is 7.06. The lowest BCUT2D eigenvalue weighted by molar-refractivity contribution is 0.0467. The second kappa shape index (κ2) is 8.53. The van der Waals surface area contributed by atoms with Crippen molar-refractivity contribution >= 4 is 33.9 Å². The number of nitrogens with zero attached hydrogens (tertiary/aromatic N) is 2. The molecular weight excluding hydrogens is 414 g/mol. The van der Waals surface area contributed by atoms with Crippen LogP contribution in [0.15, 0.2) is 65.6 Å². The van der Waals surface area contributed by atoms with Crippen molar-refractivity contribution in [3.63, 3.8) is 0 Å². The summed E-state index contributed by atoms with van der Waals surface area (Å²) in [6.45, 7) is 3.72. The molecule has 0 atom stereocenters. The Morgan fingerprint density at radius 1 is 1.06 bits per heavy atom. The van der Waals surface area contributed by atoms with E-state index in [1.165, 1.54) is 21.8 Å². The quantitative estimate of drug-likeness (QED) is 0.481. The number of rotatable bonds is 5. The average molecular weight is 433 g/mol. The highest BCUT2D eigenvalue weighted by atomic mass is 32.1. The molecule has 1 N–H and O–H groups in total. The lowest BCUT2D eigenvalue weighted by Crippen LogP contribution is -2.15. The Balaban J connectivity index is 1.44. The minimum atomic E-state index is -0.573. The Morgan fingerprint density at radius 2 is 1.84 bits per heavy atom. The summed E-state index contributed by atoms with van der Waals surface area (Å²) in [4.78, 5) is 42.9. The van der Waals surface area contributed by atoms with E-state index in [1.54, 1.807) is 42.6 Å². The third kappa shape index (κ3) is 4.70. The highest BCUT2D eigenvalue weighted by molar-refractivity contribution is 7.16. The van der Waals surface area contributed by atoms with Gasteiger partial charge in [-0.25, -0.2) is 9.78 Å². The molecule has 0 bridgehead atoms. The van der Waals surface area contributed by atoms with E-state index in [4.69, 9.17) is 4.74 Å². The van der Waals surface area contributed by atoms with Crippen molar-refractivity contribution < 1.29 is 14.3 Å². The molecule has 4 aromatic rings. The van der Waals surface area contributed by atoms with Crippen LogP contribution < -0.4 is 10.9 Å². The maximum atomic E-state index is 12.5. The van der Waals surface area contributed by atoms with Gasteiger partial charge < -0.3 is 10.1 Å². The van der Waals surface area contributed by atoms with Gasteiger partial charge >= 0.3 is 5.97 Å². The van der Waals surface area contributed by atoms with Gasteiger partial charge in [-0.2, -0.15) is 0 Å². The first-order valence-electron chi connectivity index (χ1n) is 9.53. The fourth-order valence-electron chi connectivity index (χ4n) is 2.99. The van der Waals surface area contributed by atoms with Gasteiger partial charge in [0.2, 0.25) is 0 Å². The summed E-state index contributed by atoms with van der Waals surface area (Å²) < 4.78 is 6.79. The zero-order valence-corrected chi connectivity index (χ0v) is 17.7. The van der Waals surface area contributed by atoms with Crippen LogP contribution in [0.4, 0.5) is 5.69 Å². The lowest BCUT2D eigenvalue weighted by Gasteiger charge is -2.08. The highest BCUT2D eigenvalue weighted by Gasteiger charge is 2.12. The first-order chi connectivity index (χ1) is 14.9. The Kier molecular flexibility index (Phi) is 5.64. The smallest absolute Gasteiger partial charge is 0.338 e. The fraction of sp³-hybridized carbons (Fsp3) is 0.130. The van der Waals surface area contributed by atoms with Crippen LogP contribution in [0.25, 0.3) is 4.96 Å². The molecule has 0 radical (unpaired) electrons. The Bertz CT molecular complexity index is 1340. The van der Waals surface area contributed by atoms with Crippen LogP contribution >= 0.6 is 11.3 Å². The number of anilines is 1. The topological polar surface area (TPSA) is 89.8 Å². The van der Waals surface area contributed by atoms with E-state index < -0.39 is 5.97 Å². The number of carbonyl (C=O) groups is 2. The number of carbonyl (C=O) groups excluding carboxylic acids is 2.